The molecule has 1 aromatic heterocycles. The Hall–Kier alpha value is -1.24. The second-order valence-corrected chi connectivity index (χ2v) is 4.76. The Bertz CT molecular complexity index is 613. The van der Waals surface area contributed by atoms with E-state index in [9.17, 15) is 10.1 Å². The van der Waals surface area contributed by atoms with Crippen molar-refractivity contribution in [3.8, 4) is 11.4 Å². The maximum atomic E-state index is 10.7. The molecule has 0 unspecified atom stereocenters. The molecule has 8 heteroatoms. The van der Waals surface area contributed by atoms with Gasteiger partial charge in [-0.15, -0.1) is 0 Å². The van der Waals surface area contributed by atoms with Crippen molar-refractivity contribution in [3.05, 3.63) is 49.2 Å². The standard InChI is InChI=1S/C10H4BrCl2N3O2/c11-7-8(12)14-10(15-9(7)13)5-2-1-3-6(4-5)16(17)18/h1-4H. The minimum Gasteiger partial charge on any atom is -0.258 e. The van der Waals surface area contributed by atoms with Crippen molar-refractivity contribution in [1.82, 2.24) is 9.97 Å². The third-order valence-electron chi connectivity index (χ3n) is 2.09. The Balaban J connectivity index is 2.55. The van der Waals surface area contributed by atoms with Crippen LogP contribution in [0.4, 0.5) is 5.69 Å². The normalized spacial score (nSPS) is 10.4. The van der Waals surface area contributed by atoms with Crippen molar-refractivity contribution in [2.45, 2.75) is 0 Å². The molecular weight excluding hydrogens is 345 g/mol. The van der Waals surface area contributed by atoms with Crippen LogP contribution in [-0.4, -0.2) is 14.9 Å². The van der Waals surface area contributed by atoms with Crippen molar-refractivity contribution in [3.63, 3.8) is 0 Å². The highest BCUT2D eigenvalue weighted by Gasteiger charge is 2.13. The maximum Gasteiger partial charge on any atom is 0.270 e. The average Bonchev–Trinajstić information content (AvgIpc) is 2.35. The minimum absolute atomic E-state index is 0.0498. The Morgan fingerprint density at radius 2 is 1.83 bits per heavy atom. The van der Waals surface area contributed by atoms with Crippen LogP contribution < -0.4 is 0 Å². The van der Waals surface area contributed by atoms with Gasteiger partial charge >= 0.3 is 0 Å². The summed E-state index contributed by atoms with van der Waals surface area (Å²) in [6.45, 7) is 0. The first kappa shape index (κ1) is 13.2. The van der Waals surface area contributed by atoms with Crippen LogP contribution >= 0.6 is 39.1 Å². The second kappa shape index (κ2) is 5.17. The van der Waals surface area contributed by atoms with Crippen LogP contribution in [0.3, 0.4) is 0 Å². The molecule has 0 aliphatic heterocycles. The van der Waals surface area contributed by atoms with Gasteiger partial charge in [0.05, 0.1) is 9.40 Å². The summed E-state index contributed by atoms with van der Waals surface area (Å²) in [4.78, 5) is 18.2. The number of hydrogen-bond donors (Lipinski definition) is 0. The van der Waals surface area contributed by atoms with Crippen molar-refractivity contribution < 1.29 is 4.92 Å². The Labute approximate surface area is 120 Å². The molecule has 0 aliphatic carbocycles. The molecule has 1 aromatic carbocycles. The summed E-state index contributed by atoms with van der Waals surface area (Å²) >= 11 is 14.8. The Morgan fingerprint density at radius 3 is 2.39 bits per heavy atom. The second-order valence-electron chi connectivity index (χ2n) is 3.25. The van der Waals surface area contributed by atoms with E-state index in [-0.39, 0.29) is 21.8 Å². The van der Waals surface area contributed by atoms with Crippen molar-refractivity contribution in [1.29, 1.82) is 0 Å². The van der Waals surface area contributed by atoms with Crippen molar-refractivity contribution >= 4 is 44.8 Å². The fourth-order valence-corrected chi connectivity index (χ4v) is 1.85. The van der Waals surface area contributed by atoms with E-state index in [4.69, 9.17) is 23.2 Å². The van der Waals surface area contributed by atoms with Gasteiger partial charge < -0.3 is 0 Å². The number of rotatable bonds is 2. The van der Waals surface area contributed by atoms with E-state index in [1.165, 1.54) is 12.1 Å². The van der Waals surface area contributed by atoms with Gasteiger partial charge in [0.1, 0.15) is 10.3 Å². The lowest BCUT2D eigenvalue weighted by molar-refractivity contribution is -0.384. The van der Waals surface area contributed by atoms with Gasteiger partial charge in [-0.3, -0.25) is 10.1 Å². The molecule has 0 radical (unpaired) electrons. The third kappa shape index (κ3) is 2.60. The molecule has 0 N–H and O–H groups in total. The van der Waals surface area contributed by atoms with Crippen LogP contribution in [0.25, 0.3) is 11.4 Å². The summed E-state index contributed by atoms with van der Waals surface area (Å²) in [6.07, 6.45) is 0. The van der Waals surface area contributed by atoms with E-state index >= 15 is 0 Å². The molecule has 0 bridgehead atoms. The molecule has 18 heavy (non-hydrogen) atoms. The van der Waals surface area contributed by atoms with E-state index < -0.39 is 4.92 Å². The number of aromatic nitrogens is 2. The molecule has 0 aliphatic rings. The minimum atomic E-state index is -0.494. The number of nitro benzene ring substituents is 1. The van der Waals surface area contributed by atoms with Crippen molar-refractivity contribution in [2.24, 2.45) is 0 Å². The highest BCUT2D eigenvalue weighted by molar-refractivity contribution is 9.10. The zero-order chi connectivity index (χ0) is 13.3. The van der Waals surface area contributed by atoms with Crippen LogP contribution in [0.5, 0.6) is 0 Å². The average molecular weight is 349 g/mol. The van der Waals surface area contributed by atoms with E-state index in [2.05, 4.69) is 25.9 Å². The molecule has 0 saturated carbocycles. The van der Waals surface area contributed by atoms with Crippen molar-refractivity contribution in [2.75, 3.05) is 0 Å². The summed E-state index contributed by atoms with van der Waals surface area (Å²) in [5.74, 6) is 0.233. The molecule has 1 heterocycles. The Kier molecular flexibility index (Phi) is 3.79. The molecule has 92 valence electrons. The number of non-ortho nitro benzene ring substituents is 1. The van der Waals surface area contributed by atoms with Crippen LogP contribution in [0.1, 0.15) is 0 Å². The van der Waals surface area contributed by atoms with Crippen LogP contribution in [0.2, 0.25) is 10.3 Å². The fourth-order valence-electron chi connectivity index (χ4n) is 1.28. The lowest BCUT2D eigenvalue weighted by atomic mass is 10.2. The molecule has 2 aromatic rings. The van der Waals surface area contributed by atoms with Crippen LogP contribution in [0.15, 0.2) is 28.7 Å². The van der Waals surface area contributed by atoms with Gasteiger partial charge in [0.2, 0.25) is 0 Å². The van der Waals surface area contributed by atoms with Gasteiger partial charge in [0.15, 0.2) is 5.82 Å². The first-order chi connectivity index (χ1) is 8.49. The van der Waals surface area contributed by atoms with Gasteiger partial charge in [0.25, 0.3) is 5.69 Å². The topological polar surface area (TPSA) is 68.9 Å². The summed E-state index contributed by atoms with van der Waals surface area (Å²) in [6, 6.07) is 5.92. The zero-order valence-corrected chi connectivity index (χ0v) is 11.7. The third-order valence-corrected chi connectivity index (χ3v) is 3.84. The van der Waals surface area contributed by atoms with Gasteiger partial charge in [-0.05, 0) is 15.9 Å². The van der Waals surface area contributed by atoms with E-state index in [1.54, 1.807) is 12.1 Å². The Morgan fingerprint density at radius 1 is 1.22 bits per heavy atom. The SMILES string of the molecule is O=[N+]([O-])c1cccc(-c2nc(Cl)c(Br)c(Cl)n2)c1. The van der Waals surface area contributed by atoms with Gasteiger partial charge in [0, 0.05) is 17.7 Å². The monoisotopic (exact) mass is 347 g/mol. The van der Waals surface area contributed by atoms with Crippen LogP contribution in [-0.2, 0) is 0 Å². The summed E-state index contributed by atoms with van der Waals surface area (Å²) < 4.78 is 0.389. The molecule has 0 saturated heterocycles. The molecule has 0 spiro atoms. The number of hydrogen-bond acceptors (Lipinski definition) is 4. The lowest BCUT2D eigenvalue weighted by Gasteiger charge is -2.03. The number of nitrogens with zero attached hydrogens (tertiary/aromatic N) is 3. The molecular formula is C10H4BrCl2N3O2. The molecule has 0 fully saturated rings. The summed E-state index contributed by atoms with van der Waals surface area (Å²) in [5.41, 5.74) is 0.423. The molecule has 5 nitrogen and oxygen atoms in total. The first-order valence-corrected chi connectivity index (χ1v) is 6.17. The highest BCUT2D eigenvalue weighted by atomic mass is 79.9. The quantitative estimate of drug-likeness (QED) is 0.465. The number of halogens is 3. The van der Waals surface area contributed by atoms with Gasteiger partial charge in [-0.1, -0.05) is 35.3 Å². The summed E-state index contributed by atoms with van der Waals surface area (Å²) in [7, 11) is 0. The summed E-state index contributed by atoms with van der Waals surface area (Å²) in [5, 5.41) is 11.0. The predicted octanol–water partition coefficient (Wildman–Crippen LogP) is 4.12. The number of benzene rings is 1. The molecule has 2 rings (SSSR count). The molecule has 0 atom stereocenters. The smallest absolute Gasteiger partial charge is 0.258 e. The highest BCUT2D eigenvalue weighted by Crippen LogP contribution is 2.30. The van der Waals surface area contributed by atoms with E-state index in [1.807, 2.05) is 0 Å². The van der Waals surface area contributed by atoms with E-state index in [0.717, 1.165) is 0 Å². The molecule has 0 amide bonds. The fraction of sp³-hybridized carbons (Fsp3) is 0. The van der Waals surface area contributed by atoms with Gasteiger partial charge in [-0.2, -0.15) is 0 Å². The number of nitro groups is 1. The largest absolute Gasteiger partial charge is 0.270 e. The first-order valence-electron chi connectivity index (χ1n) is 4.62. The van der Waals surface area contributed by atoms with Gasteiger partial charge in [-0.25, -0.2) is 9.97 Å². The predicted molar refractivity (Wildman–Crippen MR) is 71.8 cm³/mol. The maximum absolute atomic E-state index is 10.7. The van der Waals surface area contributed by atoms with E-state index in [0.29, 0.717) is 10.0 Å². The lowest BCUT2D eigenvalue weighted by Crippen LogP contribution is -1.93. The van der Waals surface area contributed by atoms with Crippen LogP contribution in [0, 0.1) is 10.1 Å². The zero-order valence-electron chi connectivity index (χ0n) is 8.60.